The number of nitrogens with zero attached hydrogens (tertiary/aromatic N) is 2. The predicted octanol–water partition coefficient (Wildman–Crippen LogP) is 3.28. The van der Waals surface area contributed by atoms with Gasteiger partial charge >= 0.3 is 10.7 Å². The summed E-state index contributed by atoms with van der Waals surface area (Å²) in [4.78, 5) is 24.3. The number of carbonyl (C=O) groups excluding carboxylic acids is 2. The van der Waals surface area contributed by atoms with E-state index >= 15 is 0 Å². The van der Waals surface area contributed by atoms with Crippen LogP contribution in [0.2, 0.25) is 0 Å². The molecule has 0 aromatic heterocycles. The van der Waals surface area contributed by atoms with Gasteiger partial charge < -0.3 is 9.80 Å². The summed E-state index contributed by atoms with van der Waals surface area (Å²) < 4.78 is 0. The number of carbonyl (C=O) groups is 2. The summed E-state index contributed by atoms with van der Waals surface area (Å²) in [6.45, 7) is 0. The van der Waals surface area contributed by atoms with E-state index in [9.17, 15) is 9.59 Å². The van der Waals surface area contributed by atoms with Gasteiger partial charge in [-0.2, -0.15) is 0 Å². The molecule has 0 atom stereocenters. The molecule has 0 bridgehead atoms. The van der Waals surface area contributed by atoms with Crippen LogP contribution in [0.3, 0.4) is 0 Å². The smallest absolute Gasteiger partial charge is 0.302 e. The number of benzene rings is 1. The fraction of sp³-hybridized carbons (Fsp3) is 0.200. The molecule has 6 heteroatoms. The summed E-state index contributed by atoms with van der Waals surface area (Å²) in [5.74, 6) is 0. The molecule has 0 spiro atoms. The second-order valence-electron chi connectivity index (χ2n) is 3.14. The van der Waals surface area contributed by atoms with Crippen LogP contribution in [0.5, 0.6) is 0 Å². The summed E-state index contributed by atoms with van der Waals surface area (Å²) in [5, 5.41) is -1.15. The Morgan fingerprint density at radius 3 is 1.31 bits per heavy atom. The van der Waals surface area contributed by atoms with Gasteiger partial charge in [0.2, 0.25) is 0 Å². The molecule has 4 nitrogen and oxygen atoms in total. The average molecular weight is 261 g/mol. The Bertz CT molecular complexity index is 367. The monoisotopic (exact) mass is 260 g/mol. The standard InChI is InChI=1S/C10H10Cl2N2O2/c1-13(9(11)15)7-3-5-8(6-4-7)14(2)10(12)16/h3-6H,1-2H3. The lowest BCUT2D eigenvalue weighted by Gasteiger charge is -2.16. The van der Waals surface area contributed by atoms with Crippen LogP contribution in [0.15, 0.2) is 24.3 Å². The Morgan fingerprint density at radius 2 is 1.12 bits per heavy atom. The molecule has 0 unspecified atom stereocenters. The molecule has 1 aromatic carbocycles. The molecular weight excluding hydrogens is 251 g/mol. The van der Waals surface area contributed by atoms with Gasteiger partial charge in [0.15, 0.2) is 0 Å². The third kappa shape index (κ3) is 2.87. The van der Waals surface area contributed by atoms with Crippen LogP contribution in [-0.2, 0) is 0 Å². The summed E-state index contributed by atoms with van der Waals surface area (Å²) in [5.41, 5.74) is 1.28. The highest BCUT2D eigenvalue weighted by Gasteiger charge is 2.10. The van der Waals surface area contributed by atoms with Gasteiger partial charge in [0.25, 0.3) is 0 Å². The molecular formula is C10H10Cl2N2O2. The van der Waals surface area contributed by atoms with Crippen LogP contribution < -0.4 is 9.80 Å². The van der Waals surface area contributed by atoms with Crippen molar-refractivity contribution < 1.29 is 9.59 Å². The lowest BCUT2D eigenvalue weighted by Crippen LogP contribution is -2.21. The largest absolute Gasteiger partial charge is 0.320 e. The first kappa shape index (κ1) is 12.8. The minimum Gasteiger partial charge on any atom is -0.302 e. The molecule has 86 valence electrons. The fourth-order valence-electron chi connectivity index (χ4n) is 1.10. The zero-order valence-electron chi connectivity index (χ0n) is 8.78. The first-order chi connectivity index (χ1) is 7.43. The van der Waals surface area contributed by atoms with E-state index < -0.39 is 10.7 Å². The third-order valence-corrected chi connectivity index (χ3v) is 2.66. The van der Waals surface area contributed by atoms with E-state index in [2.05, 4.69) is 0 Å². The minimum atomic E-state index is -0.575. The van der Waals surface area contributed by atoms with E-state index in [1.807, 2.05) is 0 Å². The van der Waals surface area contributed by atoms with Crippen molar-refractivity contribution in [2.24, 2.45) is 0 Å². The first-order valence-electron chi connectivity index (χ1n) is 4.40. The SMILES string of the molecule is CN(C(=O)Cl)c1ccc(N(C)C(=O)Cl)cc1. The maximum absolute atomic E-state index is 10.9. The van der Waals surface area contributed by atoms with Gasteiger partial charge in [-0.15, -0.1) is 0 Å². The molecule has 1 rings (SSSR count). The van der Waals surface area contributed by atoms with Crippen molar-refractivity contribution in [1.82, 2.24) is 0 Å². The van der Waals surface area contributed by atoms with Crippen molar-refractivity contribution in [3.63, 3.8) is 0 Å². The predicted molar refractivity (Wildman–Crippen MR) is 65.7 cm³/mol. The van der Waals surface area contributed by atoms with Gasteiger partial charge in [-0.05, 0) is 47.5 Å². The van der Waals surface area contributed by atoms with Crippen molar-refractivity contribution >= 4 is 45.3 Å². The minimum absolute atomic E-state index is 0.575. The third-order valence-electron chi connectivity index (χ3n) is 2.15. The summed E-state index contributed by atoms with van der Waals surface area (Å²) in [6.07, 6.45) is 0. The van der Waals surface area contributed by atoms with E-state index in [0.717, 1.165) is 0 Å². The van der Waals surface area contributed by atoms with Gasteiger partial charge in [-0.3, -0.25) is 9.59 Å². The zero-order valence-corrected chi connectivity index (χ0v) is 10.3. The average Bonchev–Trinajstić information content (AvgIpc) is 2.27. The Morgan fingerprint density at radius 1 is 0.875 bits per heavy atom. The Hall–Kier alpha value is -1.26. The highest BCUT2D eigenvalue weighted by Crippen LogP contribution is 2.20. The lowest BCUT2D eigenvalue weighted by molar-refractivity contribution is 0.264. The van der Waals surface area contributed by atoms with E-state index in [4.69, 9.17) is 23.2 Å². The maximum atomic E-state index is 10.9. The van der Waals surface area contributed by atoms with Gasteiger partial charge in [-0.1, -0.05) is 0 Å². The van der Waals surface area contributed by atoms with Crippen molar-refractivity contribution in [3.8, 4) is 0 Å². The number of anilines is 2. The number of hydrogen-bond acceptors (Lipinski definition) is 2. The highest BCUT2D eigenvalue weighted by atomic mass is 35.5. The molecule has 0 radical (unpaired) electrons. The number of amides is 2. The van der Waals surface area contributed by atoms with E-state index in [1.54, 1.807) is 38.4 Å². The number of rotatable bonds is 2. The van der Waals surface area contributed by atoms with Crippen LogP contribution in [0.1, 0.15) is 0 Å². The van der Waals surface area contributed by atoms with Crippen molar-refractivity contribution in [2.45, 2.75) is 0 Å². The Balaban J connectivity index is 2.91. The molecule has 0 aliphatic carbocycles. The fourth-order valence-corrected chi connectivity index (χ4v) is 1.30. The second-order valence-corrected chi connectivity index (χ2v) is 3.79. The molecule has 16 heavy (non-hydrogen) atoms. The molecule has 0 aliphatic rings. The summed E-state index contributed by atoms with van der Waals surface area (Å²) >= 11 is 10.6. The van der Waals surface area contributed by atoms with Crippen LogP contribution >= 0.6 is 23.2 Å². The number of hydrogen-bond donors (Lipinski definition) is 0. The van der Waals surface area contributed by atoms with Gasteiger partial charge in [-0.25, -0.2) is 0 Å². The first-order valence-corrected chi connectivity index (χ1v) is 5.15. The zero-order chi connectivity index (χ0) is 12.3. The van der Waals surface area contributed by atoms with Crippen molar-refractivity contribution in [2.75, 3.05) is 23.9 Å². The van der Waals surface area contributed by atoms with Crippen LogP contribution in [0.4, 0.5) is 21.0 Å². The molecule has 0 saturated heterocycles. The normalized spacial score (nSPS) is 9.75. The van der Waals surface area contributed by atoms with E-state index in [0.29, 0.717) is 11.4 Å². The van der Waals surface area contributed by atoms with Gasteiger partial charge in [0.05, 0.1) is 0 Å². The summed E-state index contributed by atoms with van der Waals surface area (Å²) in [6, 6.07) is 6.69. The molecule has 1 aromatic rings. The van der Waals surface area contributed by atoms with Crippen LogP contribution in [0.25, 0.3) is 0 Å². The van der Waals surface area contributed by atoms with E-state index in [-0.39, 0.29) is 0 Å². The van der Waals surface area contributed by atoms with Crippen molar-refractivity contribution in [3.05, 3.63) is 24.3 Å². The Labute approximate surface area is 103 Å². The van der Waals surface area contributed by atoms with Gasteiger partial charge in [0.1, 0.15) is 0 Å². The van der Waals surface area contributed by atoms with Crippen LogP contribution in [0, 0.1) is 0 Å². The summed E-state index contributed by atoms with van der Waals surface area (Å²) in [7, 11) is 3.11. The molecule has 0 saturated carbocycles. The van der Waals surface area contributed by atoms with Crippen LogP contribution in [-0.4, -0.2) is 24.8 Å². The number of halogens is 2. The molecule has 0 heterocycles. The quantitative estimate of drug-likeness (QED) is 0.605. The van der Waals surface area contributed by atoms with Gasteiger partial charge in [0, 0.05) is 25.5 Å². The highest BCUT2D eigenvalue weighted by molar-refractivity contribution is 6.66. The molecule has 2 amide bonds. The maximum Gasteiger partial charge on any atom is 0.320 e. The molecule has 0 fully saturated rings. The topological polar surface area (TPSA) is 40.6 Å². The lowest BCUT2D eigenvalue weighted by atomic mass is 10.2. The second kappa shape index (κ2) is 5.18. The van der Waals surface area contributed by atoms with Crippen molar-refractivity contribution in [1.29, 1.82) is 0 Å². The van der Waals surface area contributed by atoms with E-state index in [1.165, 1.54) is 9.80 Å². The Kier molecular flexibility index (Phi) is 4.15. The molecule has 0 aliphatic heterocycles. The molecule has 0 N–H and O–H groups in total.